The summed E-state index contributed by atoms with van der Waals surface area (Å²) < 4.78 is 0. The van der Waals surface area contributed by atoms with E-state index in [9.17, 15) is 0 Å². The van der Waals surface area contributed by atoms with Crippen molar-refractivity contribution in [3.05, 3.63) is 29.3 Å². The lowest BCUT2D eigenvalue weighted by molar-refractivity contribution is -0.203. The van der Waals surface area contributed by atoms with Gasteiger partial charge in [-0.1, -0.05) is 12.1 Å². The molecule has 13 heavy (non-hydrogen) atoms. The SMILES string of the molecule is ClCc1ccc2c(c1)OOCCC2. The van der Waals surface area contributed by atoms with Crippen LogP contribution in [0.4, 0.5) is 0 Å². The van der Waals surface area contributed by atoms with Gasteiger partial charge in [-0.15, -0.1) is 11.6 Å². The van der Waals surface area contributed by atoms with Crippen molar-refractivity contribution in [3.63, 3.8) is 0 Å². The number of alkyl halides is 1. The number of halogens is 1. The fourth-order valence-electron chi connectivity index (χ4n) is 1.39. The van der Waals surface area contributed by atoms with Crippen molar-refractivity contribution in [1.29, 1.82) is 0 Å². The predicted molar refractivity (Wildman–Crippen MR) is 50.9 cm³/mol. The van der Waals surface area contributed by atoms with Crippen molar-refractivity contribution in [2.75, 3.05) is 6.61 Å². The highest BCUT2D eigenvalue weighted by Crippen LogP contribution is 2.25. The molecular formula is C10H11ClO2. The van der Waals surface area contributed by atoms with Gasteiger partial charge in [-0.2, -0.15) is 4.89 Å². The molecule has 3 heteroatoms. The van der Waals surface area contributed by atoms with Gasteiger partial charge in [0.2, 0.25) is 0 Å². The van der Waals surface area contributed by atoms with Crippen LogP contribution in [-0.4, -0.2) is 6.61 Å². The van der Waals surface area contributed by atoms with Crippen LogP contribution in [0.2, 0.25) is 0 Å². The van der Waals surface area contributed by atoms with Crippen LogP contribution in [0.3, 0.4) is 0 Å². The maximum absolute atomic E-state index is 5.71. The second-order valence-corrected chi connectivity index (χ2v) is 3.35. The molecule has 0 N–H and O–H groups in total. The summed E-state index contributed by atoms with van der Waals surface area (Å²) in [5.41, 5.74) is 2.26. The summed E-state index contributed by atoms with van der Waals surface area (Å²) in [6.07, 6.45) is 2.02. The monoisotopic (exact) mass is 198 g/mol. The molecule has 1 aliphatic heterocycles. The lowest BCUT2D eigenvalue weighted by Gasteiger charge is -2.05. The Bertz CT molecular complexity index is 299. The Morgan fingerprint density at radius 2 is 2.31 bits per heavy atom. The van der Waals surface area contributed by atoms with Gasteiger partial charge in [-0.25, -0.2) is 0 Å². The molecule has 2 nitrogen and oxygen atoms in total. The van der Waals surface area contributed by atoms with Crippen LogP contribution < -0.4 is 4.89 Å². The first-order chi connectivity index (χ1) is 6.40. The number of rotatable bonds is 1. The molecule has 0 spiro atoms. The van der Waals surface area contributed by atoms with Crippen LogP contribution in [0, 0.1) is 0 Å². The minimum atomic E-state index is 0.511. The first kappa shape index (κ1) is 8.85. The van der Waals surface area contributed by atoms with Crippen molar-refractivity contribution in [2.24, 2.45) is 0 Å². The first-order valence-corrected chi connectivity index (χ1v) is 4.91. The van der Waals surface area contributed by atoms with E-state index in [1.54, 1.807) is 0 Å². The standard InChI is InChI=1S/C10H11ClO2/c11-7-8-3-4-9-2-1-5-12-13-10(9)6-8/h3-4,6H,1-2,5,7H2. The average Bonchev–Trinajstić information content (AvgIpc) is 2.41. The highest BCUT2D eigenvalue weighted by Gasteiger charge is 2.09. The van der Waals surface area contributed by atoms with Crippen LogP contribution in [0.1, 0.15) is 17.5 Å². The fraction of sp³-hybridized carbons (Fsp3) is 0.400. The van der Waals surface area contributed by atoms with E-state index in [1.165, 1.54) is 5.56 Å². The molecule has 0 fully saturated rings. The minimum absolute atomic E-state index is 0.511. The Labute approximate surface area is 82.3 Å². The second-order valence-electron chi connectivity index (χ2n) is 3.08. The van der Waals surface area contributed by atoms with Gasteiger partial charge in [0.1, 0.15) is 0 Å². The van der Waals surface area contributed by atoms with Crippen LogP contribution >= 0.6 is 11.6 Å². The zero-order valence-electron chi connectivity index (χ0n) is 7.25. The molecule has 70 valence electrons. The fourth-order valence-corrected chi connectivity index (χ4v) is 1.56. The van der Waals surface area contributed by atoms with E-state index in [4.69, 9.17) is 21.4 Å². The van der Waals surface area contributed by atoms with Crippen molar-refractivity contribution >= 4 is 11.6 Å². The van der Waals surface area contributed by atoms with Gasteiger partial charge in [0.25, 0.3) is 0 Å². The van der Waals surface area contributed by atoms with Crippen molar-refractivity contribution in [1.82, 2.24) is 0 Å². The molecule has 0 radical (unpaired) electrons. The zero-order valence-corrected chi connectivity index (χ0v) is 8.01. The molecule has 0 aliphatic carbocycles. The Kier molecular flexibility index (Phi) is 2.71. The summed E-state index contributed by atoms with van der Waals surface area (Å²) >= 11 is 5.71. The molecule has 1 aromatic rings. The van der Waals surface area contributed by atoms with E-state index in [1.807, 2.05) is 12.1 Å². The van der Waals surface area contributed by atoms with Gasteiger partial charge < -0.3 is 4.89 Å². The minimum Gasteiger partial charge on any atom is -0.337 e. The van der Waals surface area contributed by atoms with Crippen molar-refractivity contribution in [3.8, 4) is 5.75 Å². The summed E-state index contributed by atoms with van der Waals surface area (Å²) in [5.74, 6) is 1.33. The van der Waals surface area contributed by atoms with Crippen LogP contribution in [0.25, 0.3) is 0 Å². The number of hydrogen-bond acceptors (Lipinski definition) is 2. The molecule has 0 atom stereocenters. The quantitative estimate of drug-likeness (QED) is 0.510. The third kappa shape index (κ3) is 1.95. The van der Waals surface area contributed by atoms with E-state index >= 15 is 0 Å². The normalized spacial score (nSPS) is 15.8. The van der Waals surface area contributed by atoms with Crippen molar-refractivity contribution < 1.29 is 9.78 Å². The highest BCUT2D eigenvalue weighted by atomic mass is 35.5. The molecule has 0 bridgehead atoms. The molecular weight excluding hydrogens is 188 g/mol. The molecule has 0 saturated heterocycles. The summed E-state index contributed by atoms with van der Waals surface area (Å²) in [6, 6.07) is 6.02. The molecule has 0 amide bonds. The third-order valence-electron chi connectivity index (χ3n) is 2.11. The number of aryl methyl sites for hydroxylation is 1. The topological polar surface area (TPSA) is 18.5 Å². The summed E-state index contributed by atoms with van der Waals surface area (Å²) in [4.78, 5) is 10.1. The van der Waals surface area contributed by atoms with Gasteiger partial charge >= 0.3 is 0 Å². The average molecular weight is 199 g/mol. The summed E-state index contributed by atoms with van der Waals surface area (Å²) in [6.45, 7) is 0.658. The van der Waals surface area contributed by atoms with E-state index in [-0.39, 0.29) is 0 Å². The van der Waals surface area contributed by atoms with Gasteiger partial charge in [0.05, 0.1) is 6.61 Å². The second kappa shape index (κ2) is 3.99. The van der Waals surface area contributed by atoms with E-state index in [2.05, 4.69) is 6.07 Å². The summed E-state index contributed by atoms with van der Waals surface area (Å²) in [5, 5.41) is 0. The molecule has 0 saturated carbocycles. The molecule has 1 aromatic carbocycles. The lowest BCUT2D eigenvalue weighted by Crippen LogP contribution is -1.95. The maximum Gasteiger partial charge on any atom is 0.168 e. The van der Waals surface area contributed by atoms with Gasteiger partial charge in [-0.3, -0.25) is 0 Å². The van der Waals surface area contributed by atoms with Crippen LogP contribution in [0.5, 0.6) is 5.75 Å². The number of fused-ring (bicyclic) bond motifs is 1. The Balaban J connectivity index is 2.32. The smallest absolute Gasteiger partial charge is 0.168 e. The van der Waals surface area contributed by atoms with E-state index in [0.717, 1.165) is 24.2 Å². The molecule has 2 rings (SSSR count). The predicted octanol–water partition coefficient (Wildman–Crippen LogP) is 2.68. The molecule has 0 aromatic heterocycles. The Morgan fingerprint density at radius 1 is 1.38 bits per heavy atom. The highest BCUT2D eigenvalue weighted by molar-refractivity contribution is 6.17. The molecule has 0 unspecified atom stereocenters. The van der Waals surface area contributed by atoms with E-state index in [0.29, 0.717) is 12.5 Å². The first-order valence-electron chi connectivity index (χ1n) is 4.37. The molecule has 1 heterocycles. The summed E-state index contributed by atoms with van der Waals surface area (Å²) in [7, 11) is 0. The van der Waals surface area contributed by atoms with Gasteiger partial charge in [0, 0.05) is 5.88 Å². The zero-order chi connectivity index (χ0) is 9.10. The largest absolute Gasteiger partial charge is 0.337 e. The Hall–Kier alpha value is -0.730. The van der Waals surface area contributed by atoms with Crippen LogP contribution in [-0.2, 0) is 17.2 Å². The van der Waals surface area contributed by atoms with Crippen molar-refractivity contribution in [2.45, 2.75) is 18.7 Å². The number of benzene rings is 1. The lowest BCUT2D eigenvalue weighted by atomic mass is 10.1. The van der Waals surface area contributed by atoms with Gasteiger partial charge in [0.15, 0.2) is 5.75 Å². The maximum atomic E-state index is 5.71. The van der Waals surface area contributed by atoms with Gasteiger partial charge in [-0.05, 0) is 30.0 Å². The van der Waals surface area contributed by atoms with E-state index < -0.39 is 0 Å². The third-order valence-corrected chi connectivity index (χ3v) is 2.42. The Morgan fingerprint density at radius 3 is 3.15 bits per heavy atom. The molecule has 1 aliphatic rings. The van der Waals surface area contributed by atoms with Crippen LogP contribution in [0.15, 0.2) is 18.2 Å². The number of hydrogen-bond donors (Lipinski definition) is 0.